The number of esters is 1. The average Bonchev–Trinajstić information content (AvgIpc) is 2.80. The van der Waals surface area contributed by atoms with Crippen molar-refractivity contribution in [2.45, 2.75) is 0 Å². The van der Waals surface area contributed by atoms with Crippen LogP contribution in [0.3, 0.4) is 0 Å². The molecule has 1 fully saturated rings. The summed E-state index contributed by atoms with van der Waals surface area (Å²) in [5.74, 6) is -0.789. The second-order valence-corrected chi connectivity index (χ2v) is 5.64. The van der Waals surface area contributed by atoms with E-state index in [1.807, 2.05) is 0 Å². The summed E-state index contributed by atoms with van der Waals surface area (Å²) in [5, 5.41) is 0.958. The standard InChI is InChI=1S/C14H12ClNO4S/c1-20-14(19)6-13-16(12(18)8-21-13)7-11(17)9-2-4-10(15)5-3-9/h2-6H,7-8H2,1H3. The largest absolute Gasteiger partial charge is 0.466 e. The molecule has 0 N–H and O–H groups in total. The number of thioether (sulfide) groups is 1. The molecular formula is C14H12ClNO4S. The number of Topliss-reactive ketones (excluding diaryl/α,β-unsaturated/α-hetero) is 1. The summed E-state index contributed by atoms with van der Waals surface area (Å²) in [4.78, 5) is 36.5. The van der Waals surface area contributed by atoms with Gasteiger partial charge < -0.3 is 4.74 Å². The first-order chi connectivity index (χ1) is 10.0. The highest BCUT2D eigenvalue weighted by molar-refractivity contribution is 8.04. The molecule has 1 saturated heterocycles. The van der Waals surface area contributed by atoms with Crippen molar-refractivity contribution in [3.8, 4) is 0 Å². The smallest absolute Gasteiger partial charge is 0.333 e. The fourth-order valence-electron chi connectivity index (χ4n) is 1.73. The quantitative estimate of drug-likeness (QED) is 0.482. The zero-order valence-corrected chi connectivity index (χ0v) is 12.7. The Morgan fingerprint density at radius 3 is 2.67 bits per heavy atom. The Morgan fingerprint density at radius 1 is 1.38 bits per heavy atom. The van der Waals surface area contributed by atoms with E-state index in [1.165, 1.54) is 29.8 Å². The molecule has 0 bridgehead atoms. The van der Waals surface area contributed by atoms with Crippen LogP contribution in [0.15, 0.2) is 35.4 Å². The van der Waals surface area contributed by atoms with Gasteiger partial charge in [0, 0.05) is 10.6 Å². The van der Waals surface area contributed by atoms with E-state index in [0.29, 0.717) is 15.6 Å². The fraction of sp³-hybridized carbons (Fsp3) is 0.214. The lowest BCUT2D eigenvalue weighted by atomic mass is 10.1. The SMILES string of the molecule is COC(=O)C=C1SCC(=O)N1CC(=O)c1ccc(Cl)cc1. The van der Waals surface area contributed by atoms with Crippen molar-refractivity contribution in [2.75, 3.05) is 19.4 Å². The minimum atomic E-state index is -0.559. The van der Waals surface area contributed by atoms with E-state index in [4.69, 9.17) is 11.6 Å². The third-order valence-corrected chi connectivity index (χ3v) is 4.10. The second kappa shape index (κ2) is 6.78. The first-order valence-corrected chi connectivity index (χ1v) is 7.39. The zero-order chi connectivity index (χ0) is 15.4. The molecule has 1 heterocycles. The molecule has 0 aliphatic carbocycles. The van der Waals surface area contributed by atoms with Gasteiger partial charge in [0.05, 0.1) is 30.5 Å². The van der Waals surface area contributed by atoms with E-state index in [1.54, 1.807) is 24.3 Å². The molecule has 1 aliphatic rings. The van der Waals surface area contributed by atoms with Crippen LogP contribution in [0.5, 0.6) is 0 Å². The number of nitrogens with zero attached hydrogens (tertiary/aromatic N) is 1. The maximum Gasteiger partial charge on any atom is 0.333 e. The summed E-state index contributed by atoms with van der Waals surface area (Å²) in [5.41, 5.74) is 0.460. The van der Waals surface area contributed by atoms with Crippen LogP contribution in [0.25, 0.3) is 0 Å². The number of benzene rings is 1. The molecule has 0 radical (unpaired) electrons. The van der Waals surface area contributed by atoms with E-state index < -0.39 is 5.97 Å². The summed E-state index contributed by atoms with van der Waals surface area (Å²) in [6.07, 6.45) is 1.21. The highest BCUT2D eigenvalue weighted by atomic mass is 35.5. The van der Waals surface area contributed by atoms with Gasteiger partial charge in [-0.3, -0.25) is 14.5 Å². The number of hydrogen-bond acceptors (Lipinski definition) is 5. The number of carbonyl (C=O) groups excluding carboxylic acids is 3. The number of carbonyl (C=O) groups is 3. The topological polar surface area (TPSA) is 63.7 Å². The van der Waals surface area contributed by atoms with Gasteiger partial charge in [-0.2, -0.15) is 0 Å². The Balaban J connectivity index is 2.14. The van der Waals surface area contributed by atoms with Gasteiger partial charge in [0.2, 0.25) is 5.91 Å². The Kier molecular flexibility index (Phi) is 5.03. The minimum Gasteiger partial charge on any atom is -0.466 e. The van der Waals surface area contributed by atoms with Crippen molar-refractivity contribution in [2.24, 2.45) is 0 Å². The highest BCUT2D eigenvalue weighted by Gasteiger charge is 2.29. The maximum atomic E-state index is 12.2. The molecule has 7 heteroatoms. The number of ether oxygens (including phenoxy) is 1. The third-order valence-electron chi connectivity index (χ3n) is 2.82. The van der Waals surface area contributed by atoms with Crippen LogP contribution in [0.2, 0.25) is 5.02 Å². The van der Waals surface area contributed by atoms with Crippen LogP contribution in [-0.2, 0) is 14.3 Å². The molecule has 0 spiro atoms. The molecule has 1 amide bonds. The molecule has 21 heavy (non-hydrogen) atoms. The highest BCUT2D eigenvalue weighted by Crippen LogP contribution is 2.29. The molecule has 0 aromatic heterocycles. The Bertz CT molecular complexity index is 612. The van der Waals surface area contributed by atoms with Gasteiger partial charge in [0.1, 0.15) is 0 Å². The summed E-state index contributed by atoms with van der Waals surface area (Å²) in [6, 6.07) is 6.42. The Hall–Kier alpha value is -1.79. The van der Waals surface area contributed by atoms with Crippen LogP contribution in [0.1, 0.15) is 10.4 Å². The zero-order valence-electron chi connectivity index (χ0n) is 11.2. The molecule has 0 unspecified atom stereocenters. The van der Waals surface area contributed by atoms with Gasteiger partial charge >= 0.3 is 5.97 Å². The molecule has 0 atom stereocenters. The average molecular weight is 326 g/mol. The van der Waals surface area contributed by atoms with Gasteiger partial charge in [-0.1, -0.05) is 23.4 Å². The number of methoxy groups -OCH3 is 1. The van der Waals surface area contributed by atoms with E-state index >= 15 is 0 Å². The van der Waals surface area contributed by atoms with Crippen LogP contribution in [0, 0.1) is 0 Å². The predicted molar refractivity (Wildman–Crippen MR) is 80.1 cm³/mol. The molecule has 5 nitrogen and oxygen atoms in total. The minimum absolute atomic E-state index is 0.115. The normalized spacial score (nSPS) is 16.4. The Morgan fingerprint density at radius 2 is 2.05 bits per heavy atom. The lowest BCUT2D eigenvalue weighted by Crippen LogP contribution is -2.31. The summed E-state index contributed by atoms with van der Waals surface area (Å²) < 4.78 is 4.53. The monoisotopic (exact) mass is 325 g/mol. The lowest BCUT2D eigenvalue weighted by Gasteiger charge is -2.15. The predicted octanol–water partition coefficient (Wildman–Crippen LogP) is 2.11. The van der Waals surface area contributed by atoms with Gasteiger partial charge in [-0.25, -0.2) is 4.79 Å². The van der Waals surface area contributed by atoms with Crippen LogP contribution in [0.4, 0.5) is 0 Å². The summed E-state index contributed by atoms with van der Waals surface area (Å²) in [6.45, 7) is -0.115. The van der Waals surface area contributed by atoms with Crippen molar-refractivity contribution in [3.63, 3.8) is 0 Å². The van der Waals surface area contributed by atoms with Crippen molar-refractivity contribution in [1.82, 2.24) is 4.90 Å². The summed E-state index contributed by atoms with van der Waals surface area (Å²) >= 11 is 6.97. The van der Waals surface area contributed by atoms with E-state index in [2.05, 4.69) is 4.74 Å². The number of halogens is 1. The molecule has 1 aromatic rings. The van der Waals surface area contributed by atoms with E-state index in [9.17, 15) is 14.4 Å². The molecule has 110 valence electrons. The first kappa shape index (κ1) is 15.6. The number of rotatable bonds is 4. The van der Waals surface area contributed by atoms with E-state index in [-0.39, 0.29) is 24.0 Å². The van der Waals surface area contributed by atoms with Crippen LogP contribution < -0.4 is 0 Å². The molecule has 1 aliphatic heterocycles. The number of amides is 1. The van der Waals surface area contributed by atoms with Gasteiger partial charge in [-0.15, -0.1) is 0 Å². The lowest BCUT2D eigenvalue weighted by molar-refractivity contribution is -0.134. The molecule has 0 saturated carbocycles. The number of hydrogen-bond donors (Lipinski definition) is 0. The van der Waals surface area contributed by atoms with Crippen LogP contribution in [-0.4, -0.2) is 42.0 Å². The third kappa shape index (κ3) is 3.86. The number of ketones is 1. The van der Waals surface area contributed by atoms with Crippen molar-refractivity contribution in [3.05, 3.63) is 46.0 Å². The molecule has 2 rings (SSSR count). The second-order valence-electron chi connectivity index (χ2n) is 4.20. The van der Waals surface area contributed by atoms with Crippen molar-refractivity contribution in [1.29, 1.82) is 0 Å². The van der Waals surface area contributed by atoms with E-state index in [0.717, 1.165) is 0 Å². The maximum absolute atomic E-state index is 12.2. The van der Waals surface area contributed by atoms with Crippen molar-refractivity contribution >= 4 is 41.0 Å². The van der Waals surface area contributed by atoms with Gasteiger partial charge in [0.25, 0.3) is 0 Å². The summed E-state index contributed by atoms with van der Waals surface area (Å²) in [7, 11) is 1.25. The van der Waals surface area contributed by atoms with Gasteiger partial charge in [0.15, 0.2) is 5.78 Å². The van der Waals surface area contributed by atoms with Crippen LogP contribution >= 0.6 is 23.4 Å². The molecule has 1 aromatic carbocycles. The fourth-order valence-corrected chi connectivity index (χ4v) is 2.79. The molecular weight excluding hydrogens is 314 g/mol. The first-order valence-electron chi connectivity index (χ1n) is 6.03. The van der Waals surface area contributed by atoms with Crippen molar-refractivity contribution < 1.29 is 19.1 Å². The van der Waals surface area contributed by atoms with Gasteiger partial charge in [-0.05, 0) is 24.3 Å². The Labute approximate surface area is 130 Å².